The van der Waals surface area contributed by atoms with E-state index in [0.717, 1.165) is 29.6 Å². The molecule has 2 aromatic rings. The van der Waals surface area contributed by atoms with E-state index in [1.807, 2.05) is 55.1 Å². The maximum atomic E-state index is 11.9. The normalized spacial score (nSPS) is 14.6. The molecule has 9 heteroatoms. The van der Waals surface area contributed by atoms with Gasteiger partial charge in [0.1, 0.15) is 5.75 Å². The molecule has 1 N–H and O–H groups in total. The van der Waals surface area contributed by atoms with Crippen LogP contribution < -0.4 is 10.1 Å². The van der Waals surface area contributed by atoms with Crippen LogP contribution in [-0.4, -0.2) is 78.1 Å². The fourth-order valence-corrected chi connectivity index (χ4v) is 3.22. The molecule has 2 heterocycles. The zero-order valence-electron chi connectivity index (χ0n) is 17.9. The van der Waals surface area contributed by atoms with Gasteiger partial charge in [0.2, 0.25) is 0 Å². The Labute approximate surface area is 177 Å². The molecule has 9 nitrogen and oxygen atoms in total. The number of rotatable bonds is 6. The molecule has 1 aliphatic rings. The third-order valence-electron chi connectivity index (χ3n) is 4.81. The fraction of sp³-hybridized carbons (Fsp3) is 0.476. The second kappa shape index (κ2) is 10.5. The molecule has 0 unspecified atom stereocenters. The molecule has 3 rings (SSSR count). The van der Waals surface area contributed by atoms with Gasteiger partial charge in [-0.3, -0.25) is 0 Å². The number of ether oxygens (including phenoxy) is 2. The Bertz CT molecular complexity index is 841. The second-order valence-corrected chi connectivity index (χ2v) is 6.79. The van der Waals surface area contributed by atoms with Crippen LogP contribution in [0.25, 0.3) is 5.69 Å². The molecule has 1 saturated heterocycles. The summed E-state index contributed by atoms with van der Waals surface area (Å²) in [7, 11) is 1.65. The maximum Gasteiger partial charge on any atom is 0.409 e. The molecule has 0 spiro atoms. The molecule has 1 amide bonds. The lowest BCUT2D eigenvalue weighted by molar-refractivity contribution is 0.0914. The minimum absolute atomic E-state index is 0.247. The quantitative estimate of drug-likeness (QED) is 0.576. The highest BCUT2D eigenvalue weighted by Crippen LogP contribution is 2.15. The Morgan fingerprint density at radius 2 is 1.80 bits per heavy atom. The molecule has 0 radical (unpaired) electrons. The van der Waals surface area contributed by atoms with Gasteiger partial charge in [-0.25, -0.2) is 14.5 Å². The Kier molecular flexibility index (Phi) is 7.53. The number of hydrogen-bond donors (Lipinski definition) is 1. The van der Waals surface area contributed by atoms with Crippen LogP contribution in [0.1, 0.15) is 19.5 Å². The number of benzene rings is 1. The first-order valence-corrected chi connectivity index (χ1v) is 10.3. The van der Waals surface area contributed by atoms with Gasteiger partial charge in [-0.05, 0) is 44.2 Å². The van der Waals surface area contributed by atoms with Gasteiger partial charge in [0.05, 0.1) is 31.6 Å². The average molecular weight is 415 g/mol. The standard InChI is InChI=1S/C21H30N6O3/c1-4-22-20(25-12-14-26(15-13-25)21(28)30-5-2)23-16-17-10-11-27(24-17)18-6-8-19(29-3)9-7-18/h6-11H,4-5,12-16H2,1-3H3,(H,22,23). The van der Waals surface area contributed by atoms with Crippen LogP contribution in [0.15, 0.2) is 41.5 Å². The molecule has 30 heavy (non-hydrogen) atoms. The van der Waals surface area contributed by atoms with E-state index < -0.39 is 0 Å². The van der Waals surface area contributed by atoms with Gasteiger partial charge >= 0.3 is 6.09 Å². The Morgan fingerprint density at radius 1 is 1.10 bits per heavy atom. The van der Waals surface area contributed by atoms with E-state index in [-0.39, 0.29) is 6.09 Å². The average Bonchev–Trinajstić information content (AvgIpc) is 3.26. The summed E-state index contributed by atoms with van der Waals surface area (Å²) in [6, 6.07) is 9.72. The van der Waals surface area contributed by atoms with Crippen molar-refractivity contribution in [3.8, 4) is 11.4 Å². The second-order valence-electron chi connectivity index (χ2n) is 6.79. The third-order valence-corrected chi connectivity index (χ3v) is 4.81. The first-order chi connectivity index (χ1) is 14.6. The van der Waals surface area contributed by atoms with E-state index in [1.165, 1.54) is 0 Å². The lowest BCUT2D eigenvalue weighted by Gasteiger charge is -2.35. The van der Waals surface area contributed by atoms with Crippen LogP contribution in [0.5, 0.6) is 5.75 Å². The minimum atomic E-state index is -0.247. The number of guanidine groups is 1. The summed E-state index contributed by atoms with van der Waals surface area (Å²) in [4.78, 5) is 20.5. The van der Waals surface area contributed by atoms with Crippen molar-refractivity contribution in [3.63, 3.8) is 0 Å². The van der Waals surface area contributed by atoms with Crippen molar-refractivity contribution >= 4 is 12.1 Å². The molecule has 0 atom stereocenters. The minimum Gasteiger partial charge on any atom is -0.497 e. The van der Waals surface area contributed by atoms with E-state index in [9.17, 15) is 4.79 Å². The molecule has 1 aliphatic heterocycles. The molecular weight excluding hydrogens is 384 g/mol. The largest absolute Gasteiger partial charge is 0.497 e. The summed E-state index contributed by atoms with van der Waals surface area (Å²) in [6.07, 6.45) is 1.68. The van der Waals surface area contributed by atoms with E-state index in [0.29, 0.717) is 39.3 Å². The highest BCUT2D eigenvalue weighted by atomic mass is 16.6. The third kappa shape index (κ3) is 5.43. The SMILES string of the molecule is CCNC(=NCc1ccn(-c2ccc(OC)cc2)n1)N1CCN(C(=O)OCC)CC1. The Balaban J connectivity index is 1.61. The van der Waals surface area contributed by atoms with Crippen LogP contribution in [0.3, 0.4) is 0 Å². The molecule has 162 valence electrons. The lowest BCUT2D eigenvalue weighted by atomic mass is 10.3. The Hall–Kier alpha value is -3.23. The number of piperazine rings is 1. The van der Waals surface area contributed by atoms with Gasteiger partial charge in [-0.15, -0.1) is 0 Å². The highest BCUT2D eigenvalue weighted by Gasteiger charge is 2.23. The summed E-state index contributed by atoms with van der Waals surface area (Å²) in [5.41, 5.74) is 1.85. The van der Waals surface area contributed by atoms with Crippen molar-refractivity contribution in [2.75, 3.05) is 46.4 Å². The predicted molar refractivity (Wildman–Crippen MR) is 115 cm³/mol. The molecule has 0 bridgehead atoms. The lowest BCUT2D eigenvalue weighted by Crippen LogP contribution is -2.53. The fourth-order valence-electron chi connectivity index (χ4n) is 3.22. The molecule has 1 fully saturated rings. The van der Waals surface area contributed by atoms with Crippen LogP contribution >= 0.6 is 0 Å². The van der Waals surface area contributed by atoms with Gasteiger partial charge < -0.3 is 24.6 Å². The first-order valence-electron chi connectivity index (χ1n) is 10.3. The zero-order chi connectivity index (χ0) is 21.3. The summed E-state index contributed by atoms with van der Waals surface area (Å²) < 4.78 is 12.1. The van der Waals surface area contributed by atoms with Crippen molar-refractivity contribution in [1.82, 2.24) is 24.9 Å². The van der Waals surface area contributed by atoms with E-state index in [2.05, 4.69) is 15.3 Å². The number of hydrogen-bond acceptors (Lipinski definition) is 5. The number of nitrogens with zero attached hydrogens (tertiary/aromatic N) is 5. The first kappa shape index (κ1) is 21.5. The van der Waals surface area contributed by atoms with Crippen LogP contribution in [-0.2, 0) is 11.3 Å². The van der Waals surface area contributed by atoms with E-state index in [1.54, 1.807) is 12.0 Å². The highest BCUT2D eigenvalue weighted by molar-refractivity contribution is 5.80. The number of amides is 1. The van der Waals surface area contributed by atoms with Crippen molar-refractivity contribution < 1.29 is 14.3 Å². The Morgan fingerprint density at radius 3 is 2.43 bits per heavy atom. The van der Waals surface area contributed by atoms with Crippen molar-refractivity contribution in [2.45, 2.75) is 20.4 Å². The molecule has 1 aromatic carbocycles. The van der Waals surface area contributed by atoms with E-state index >= 15 is 0 Å². The summed E-state index contributed by atoms with van der Waals surface area (Å²) in [5, 5.41) is 7.96. The van der Waals surface area contributed by atoms with Gasteiger partial charge in [-0.2, -0.15) is 5.10 Å². The molecule has 0 aliphatic carbocycles. The van der Waals surface area contributed by atoms with Gasteiger partial charge in [-0.1, -0.05) is 0 Å². The number of carbonyl (C=O) groups excluding carboxylic acids is 1. The van der Waals surface area contributed by atoms with Crippen LogP contribution in [0, 0.1) is 0 Å². The predicted octanol–water partition coefficient (Wildman–Crippen LogP) is 2.12. The number of carbonyl (C=O) groups is 1. The zero-order valence-corrected chi connectivity index (χ0v) is 17.9. The smallest absolute Gasteiger partial charge is 0.409 e. The van der Waals surface area contributed by atoms with Crippen molar-refractivity contribution in [1.29, 1.82) is 0 Å². The summed E-state index contributed by atoms with van der Waals surface area (Å²) in [6.45, 7) is 8.18. The van der Waals surface area contributed by atoms with Gasteiger partial charge in [0.15, 0.2) is 5.96 Å². The van der Waals surface area contributed by atoms with Gasteiger partial charge in [0.25, 0.3) is 0 Å². The van der Waals surface area contributed by atoms with Crippen molar-refractivity contribution in [3.05, 3.63) is 42.2 Å². The summed E-state index contributed by atoms with van der Waals surface area (Å²) in [5.74, 6) is 1.65. The summed E-state index contributed by atoms with van der Waals surface area (Å²) >= 11 is 0. The van der Waals surface area contributed by atoms with Crippen LogP contribution in [0.2, 0.25) is 0 Å². The van der Waals surface area contributed by atoms with Gasteiger partial charge in [0, 0.05) is 38.9 Å². The van der Waals surface area contributed by atoms with Crippen molar-refractivity contribution in [2.24, 2.45) is 4.99 Å². The van der Waals surface area contributed by atoms with E-state index in [4.69, 9.17) is 14.5 Å². The molecule has 0 saturated carbocycles. The monoisotopic (exact) mass is 414 g/mol. The number of aromatic nitrogens is 2. The maximum absolute atomic E-state index is 11.9. The molecular formula is C21H30N6O3. The van der Waals surface area contributed by atoms with Crippen LogP contribution in [0.4, 0.5) is 4.79 Å². The number of methoxy groups -OCH3 is 1. The number of nitrogens with one attached hydrogen (secondary N) is 1. The molecule has 1 aromatic heterocycles. The topological polar surface area (TPSA) is 84.2 Å². The number of aliphatic imine (C=N–C) groups is 1.